The summed E-state index contributed by atoms with van der Waals surface area (Å²) in [4.78, 5) is 22.5. The highest BCUT2D eigenvalue weighted by Gasteiger charge is 2.13. The van der Waals surface area contributed by atoms with E-state index in [1.54, 1.807) is 19.1 Å². The van der Waals surface area contributed by atoms with Crippen molar-refractivity contribution in [1.82, 2.24) is 9.78 Å². The van der Waals surface area contributed by atoms with E-state index in [2.05, 4.69) is 10.4 Å². The van der Waals surface area contributed by atoms with Gasteiger partial charge in [0.25, 0.3) is 5.69 Å². The molecule has 1 N–H and O–H groups in total. The topological polar surface area (TPSA) is 90.1 Å². The van der Waals surface area contributed by atoms with Crippen molar-refractivity contribution in [2.45, 2.75) is 13.5 Å². The monoisotopic (exact) mass is 328 g/mol. The van der Waals surface area contributed by atoms with Crippen molar-refractivity contribution in [2.75, 3.05) is 5.32 Å². The molecule has 0 spiro atoms. The van der Waals surface area contributed by atoms with Crippen LogP contribution in [0.3, 0.4) is 0 Å². The predicted octanol–water partition coefficient (Wildman–Crippen LogP) is 3.03. The Morgan fingerprint density at radius 1 is 1.33 bits per heavy atom. The number of anilines is 1. The van der Waals surface area contributed by atoms with Gasteiger partial charge < -0.3 is 5.32 Å². The third-order valence-corrected chi connectivity index (χ3v) is 3.53. The molecule has 0 fully saturated rings. The van der Waals surface area contributed by atoms with Crippen LogP contribution >= 0.6 is 0 Å². The molecule has 3 aromatic rings. The molecule has 1 heterocycles. The number of non-ortho nitro benzene ring substituents is 1. The third kappa shape index (κ3) is 3.07. The number of nitrogens with zero attached hydrogens (tertiary/aromatic N) is 3. The number of fused-ring (bicyclic) bond motifs is 1. The number of nitrogens with one attached hydrogen (secondary N) is 1. The normalized spacial score (nSPS) is 10.8. The van der Waals surface area contributed by atoms with Gasteiger partial charge in [0.15, 0.2) is 0 Å². The summed E-state index contributed by atoms with van der Waals surface area (Å²) in [5.41, 5.74) is 1.20. The molecule has 0 saturated carbocycles. The second-order valence-electron chi connectivity index (χ2n) is 5.33. The lowest BCUT2D eigenvalue weighted by Gasteiger charge is -2.08. The number of hydrogen-bond donors (Lipinski definition) is 1. The highest BCUT2D eigenvalue weighted by atomic mass is 19.1. The van der Waals surface area contributed by atoms with Crippen LogP contribution in [0.1, 0.15) is 5.56 Å². The zero-order valence-electron chi connectivity index (χ0n) is 12.7. The summed E-state index contributed by atoms with van der Waals surface area (Å²) in [6, 6.07) is 8.77. The zero-order chi connectivity index (χ0) is 17.3. The summed E-state index contributed by atoms with van der Waals surface area (Å²) in [5, 5.41) is 18.1. The van der Waals surface area contributed by atoms with Crippen LogP contribution in [0.2, 0.25) is 0 Å². The van der Waals surface area contributed by atoms with E-state index >= 15 is 0 Å². The molecule has 24 heavy (non-hydrogen) atoms. The number of aromatic nitrogens is 2. The second-order valence-corrected chi connectivity index (χ2v) is 5.33. The SMILES string of the molecule is Cc1ccc(NC(=O)Cn2ncc3ccc([N+](=O)[O-])cc32)c(F)c1. The number of carbonyl (C=O) groups excluding carboxylic acids is 1. The Labute approximate surface area is 135 Å². The van der Waals surface area contributed by atoms with Crippen LogP contribution in [0.5, 0.6) is 0 Å². The summed E-state index contributed by atoms with van der Waals surface area (Å²) in [6.45, 7) is 1.56. The molecule has 122 valence electrons. The van der Waals surface area contributed by atoms with Crippen molar-refractivity contribution in [3.63, 3.8) is 0 Å². The van der Waals surface area contributed by atoms with Crippen LogP contribution in [-0.4, -0.2) is 20.6 Å². The lowest BCUT2D eigenvalue weighted by Crippen LogP contribution is -2.20. The molecule has 7 nitrogen and oxygen atoms in total. The molecular weight excluding hydrogens is 315 g/mol. The van der Waals surface area contributed by atoms with Gasteiger partial charge in [-0.25, -0.2) is 4.39 Å². The Bertz CT molecular complexity index is 952. The molecule has 1 amide bonds. The highest BCUT2D eigenvalue weighted by Crippen LogP contribution is 2.21. The second kappa shape index (κ2) is 6.07. The molecule has 0 unspecified atom stereocenters. The van der Waals surface area contributed by atoms with E-state index in [1.807, 2.05) is 0 Å². The molecule has 8 heteroatoms. The molecule has 0 aliphatic heterocycles. The van der Waals surface area contributed by atoms with Crippen LogP contribution in [0.15, 0.2) is 42.6 Å². The number of hydrogen-bond acceptors (Lipinski definition) is 4. The minimum Gasteiger partial charge on any atom is -0.322 e. The maximum Gasteiger partial charge on any atom is 0.271 e. The van der Waals surface area contributed by atoms with E-state index in [0.29, 0.717) is 10.9 Å². The highest BCUT2D eigenvalue weighted by molar-refractivity contribution is 5.92. The van der Waals surface area contributed by atoms with Crippen LogP contribution < -0.4 is 5.32 Å². The number of aryl methyl sites for hydroxylation is 1. The van der Waals surface area contributed by atoms with E-state index in [4.69, 9.17) is 0 Å². The zero-order valence-corrected chi connectivity index (χ0v) is 12.7. The Kier molecular flexibility index (Phi) is 3.95. The van der Waals surface area contributed by atoms with Gasteiger partial charge >= 0.3 is 0 Å². The Morgan fingerprint density at radius 3 is 2.83 bits per heavy atom. The Hall–Kier alpha value is -3.29. The molecule has 1 aromatic heterocycles. The maximum absolute atomic E-state index is 13.8. The minimum absolute atomic E-state index is 0.0769. The van der Waals surface area contributed by atoms with Gasteiger partial charge in [0.05, 0.1) is 22.3 Å². The van der Waals surface area contributed by atoms with Crippen molar-refractivity contribution in [3.05, 3.63) is 64.1 Å². The molecule has 2 aromatic carbocycles. The molecule has 0 aliphatic carbocycles. The standard InChI is InChI=1S/C16H13FN4O3/c1-10-2-5-14(13(17)6-10)19-16(22)9-20-15-7-12(21(23)24)4-3-11(15)8-18-20/h2-8H,9H2,1H3,(H,19,22). The lowest BCUT2D eigenvalue weighted by molar-refractivity contribution is -0.384. The molecule has 0 saturated heterocycles. The largest absolute Gasteiger partial charge is 0.322 e. The number of halogens is 1. The van der Waals surface area contributed by atoms with Crippen molar-refractivity contribution < 1.29 is 14.1 Å². The van der Waals surface area contributed by atoms with E-state index in [0.717, 1.165) is 5.56 Å². The smallest absolute Gasteiger partial charge is 0.271 e. The number of rotatable bonds is 4. The van der Waals surface area contributed by atoms with Gasteiger partial charge in [0, 0.05) is 17.5 Å². The number of nitro benzene ring substituents is 1. The quantitative estimate of drug-likeness (QED) is 0.589. The summed E-state index contributed by atoms with van der Waals surface area (Å²) < 4.78 is 15.1. The van der Waals surface area contributed by atoms with Crippen molar-refractivity contribution in [1.29, 1.82) is 0 Å². The predicted molar refractivity (Wildman–Crippen MR) is 86.2 cm³/mol. The maximum atomic E-state index is 13.8. The summed E-state index contributed by atoms with van der Waals surface area (Å²) >= 11 is 0. The first kappa shape index (κ1) is 15.6. The van der Waals surface area contributed by atoms with Gasteiger partial charge in [-0.3, -0.25) is 19.6 Å². The van der Waals surface area contributed by atoms with Gasteiger partial charge in [-0.05, 0) is 30.7 Å². The van der Waals surface area contributed by atoms with Crippen LogP contribution in [0.25, 0.3) is 10.9 Å². The van der Waals surface area contributed by atoms with Crippen molar-refractivity contribution in [2.24, 2.45) is 0 Å². The van der Waals surface area contributed by atoms with Crippen LogP contribution in [0.4, 0.5) is 15.8 Å². The summed E-state index contributed by atoms with van der Waals surface area (Å²) in [5.74, 6) is -1.00. The minimum atomic E-state index is -0.524. The number of amides is 1. The third-order valence-electron chi connectivity index (χ3n) is 3.53. The first-order chi connectivity index (χ1) is 11.4. The van der Waals surface area contributed by atoms with Gasteiger partial charge in [0.2, 0.25) is 5.91 Å². The van der Waals surface area contributed by atoms with E-state index in [9.17, 15) is 19.3 Å². The number of carbonyl (C=O) groups is 1. The van der Waals surface area contributed by atoms with Crippen LogP contribution in [-0.2, 0) is 11.3 Å². The fraction of sp³-hybridized carbons (Fsp3) is 0.125. The summed E-state index contributed by atoms with van der Waals surface area (Å²) in [6.07, 6.45) is 1.51. The molecule has 3 rings (SSSR count). The molecular formula is C16H13FN4O3. The van der Waals surface area contributed by atoms with Gasteiger partial charge in [0.1, 0.15) is 12.4 Å². The Balaban J connectivity index is 1.82. The average molecular weight is 328 g/mol. The van der Waals surface area contributed by atoms with Crippen molar-refractivity contribution in [3.8, 4) is 0 Å². The molecule has 0 aliphatic rings. The Morgan fingerprint density at radius 2 is 2.12 bits per heavy atom. The molecule has 0 atom stereocenters. The first-order valence-corrected chi connectivity index (χ1v) is 7.10. The van der Waals surface area contributed by atoms with Crippen LogP contribution in [0, 0.1) is 22.9 Å². The molecule has 0 radical (unpaired) electrons. The first-order valence-electron chi connectivity index (χ1n) is 7.10. The lowest BCUT2D eigenvalue weighted by atomic mass is 10.2. The van der Waals surface area contributed by atoms with Crippen molar-refractivity contribution >= 4 is 28.2 Å². The number of benzene rings is 2. The van der Waals surface area contributed by atoms with Gasteiger partial charge in [-0.2, -0.15) is 5.10 Å². The number of nitro groups is 1. The van der Waals surface area contributed by atoms with E-state index in [-0.39, 0.29) is 17.9 Å². The van der Waals surface area contributed by atoms with E-state index < -0.39 is 16.6 Å². The molecule has 0 bridgehead atoms. The fourth-order valence-corrected chi connectivity index (χ4v) is 2.35. The van der Waals surface area contributed by atoms with Gasteiger partial charge in [-0.15, -0.1) is 0 Å². The fourth-order valence-electron chi connectivity index (χ4n) is 2.35. The average Bonchev–Trinajstić information content (AvgIpc) is 2.92. The van der Waals surface area contributed by atoms with Gasteiger partial charge in [-0.1, -0.05) is 6.07 Å². The van der Waals surface area contributed by atoms with E-state index in [1.165, 1.54) is 35.1 Å². The summed E-state index contributed by atoms with van der Waals surface area (Å²) in [7, 11) is 0.